The Bertz CT molecular complexity index is 1820. The largest absolute Gasteiger partial charge is 0.456 e. The Morgan fingerprint density at radius 3 is 1.62 bits per heavy atom. The number of furan rings is 1. The molecule has 1 aromatic heterocycles. The normalized spacial score (nSPS) is 11.1. The first-order valence-corrected chi connectivity index (χ1v) is 13.1. The summed E-state index contributed by atoms with van der Waals surface area (Å²) in [6.07, 6.45) is 0. The summed E-state index contributed by atoms with van der Waals surface area (Å²) < 4.78 is 6.40. The SMILES string of the molecule is c1ccc(-c2ccc(Nc3cccc4oc5cccc(N(c6ccccc6)c6ccccc6)c5c34)cc2)cc1. The molecule has 0 spiro atoms. The average Bonchev–Trinajstić information content (AvgIpc) is 3.40. The lowest BCUT2D eigenvalue weighted by Crippen LogP contribution is -2.10. The Morgan fingerprint density at radius 1 is 0.436 bits per heavy atom. The molecular formula is C36H26N2O. The summed E-state index contributed by atoms with van der Waals surface area (Å²) in [7, 11) is 0. The summed E-state index contributed by atoms with van der Waals surface area (Å²) in [5.41, 5.74) is 9.38. The fraction of sp³-hybridized carbons (Fsp3) is 0. The van der Waals surface area contributed by atoms with E-state index in [-0.39, 0.29) is 0 Å². The Kier molecular flexibility index (Phi) is 5.80. The molecule has 186 valence electrons. The maximum absolute atomic E-state index is 6.40. The second kappa shape index (κ2) is 9.88. The van der Waals surface area contributed by atoms with Crippen LogP contribution in [0.3, 0.4) is 0 Å². The predicted octanol–water partition coefficient (Wildman–Crippen LogP) is 10.5. The van der Waals surface area contributed by atoms with E-state index in [1.165, 1.54) is 11.1 Å². The van der Waals surface area contributed by atoms with Crippen LogP contribution in [0.1, 0.15) is 0 Å². The molecular weight excluding hydrogens is 476 g/mol. The summed E-state index contributed by atoms with van der Waals surface area (Å²) in [5, 5.41) is 5.81. The quantitative estimate of drug-likeness (QED) is 0.245. The monoisotopic (exact) mass is 502 g/mol. The van der Waals surface area contributed by atoms with E-state index in [4.69, 9.17) is 4.42 Å². The zero-order valence-corrected chi connectivity index (χ0v) is 21.3. The van der Waals surface area contributed by atoms with Crippen molar-refractivity contribution >= 4 is 50.4 Å². The van der Waals surface area contributed by atoms with E-state index >= 15 is 0 Å². The molecule has 0 saturated carbocycles. The van der Waals surface area contributed by atoms with Gasteiger partial charge in [0.05, 0.1) is 22.1 Å². The molecule has 1 heterocycles. The van der Waals surface area contributed by atoms with Crippen LogP contribution in [-0.2, 0) is 0 Å². The molecule has 6 aromatic carbocycles. The molecule has 7 rings (SSSR count). The summed E-state index contributed by atoms with van der Waals surface area (Å²) in [4.78, 5) is 2.29. The first-order valence-electron chi connectivity index (χ1n) is 13.1. The first kappa shape index (κ1) is 22.9. The van der Waals surface area contributed by atoms with E-state index in [9.17, 15) is 0 Å². The van der Waals surface area contributed by atoms with Crippen LogP contribution in [0.15, 0.2) is 156 Å². The van der Waals surface area contributed by atoms with E-state index in [0.29, 0.717) is 0 Å². The van der Waals surface area contributed by atoms with Crippen molar-refractivity contribution in [2.24, 2.45) is 0 Å². The minimum atomic E-state index is 0.851. The molecule has 0 aliphatic heterocycles. The highest BCUT2D eigenvalue weighted by molar-refractivity contribution is 6.18. The van der Waals surface area contributed by atoms with Gasteiger partial charge in [-0.25, -0.2) is 0 Å². The lowest BCUT2D eigenvalue weighted by atomic mass is 10.0. The Balaban J connectivity index is 1.37. The molecule has 0 aliphatic carbocycles. The molecule has 0 atom stereocenters. The van der Waals surface area contributed by atoms with E-state index in [0.717, 1.165) is 50.4 Å². The van der Waals surface area contributed by atoms with Gasteiger partial charge < -0.3 is 14.6 Å². The van der Waals surface area contributed by atoms with Crippen molar-refractivity contribution in [1.29, 1.82) is 0 Å². The standard InChI is InChI=1S/C36H26N2O/c1-4-12-26(13-5-1)27-22-24-28(25-23-27)37-31-18-10-20-33-35(31)36-32(19-11-21-34(36)39-33)38(29-14-6-2-7-15-29)30-16-8-3-9-17-30/h1-25,37H. The van der Waals surface area contributed by atoms with Crippen molar-refractivity contribution < 1.29 is 4.42 Å². The number of hydrogen-bond acceptors (Lipinski definition) is 3. The van der Waals surface area contributed by atoms with Crippen molar-refractivity contribution in [3.05, 3.63) is 152 Å². The third-order valence-corrected chi connectivity index (χ3v) is 7.04. The molecule has 0 fully saturated rings. The van der Waals surface area contributed by atoms with Crippen molar-refractivity contribution in [1.82, 2.24) is 0 Å². The molecule has 0 saturated heterocycles. The molecule has 7 aromatic rings. The number of nitrogens with one attached hydrogen (secondary N) is 1. The molecule has 3 heteroatoms. The van der Waals surface area contributed by atoms with E-state index in [1.54, 1.807) is 0 Å². The summed E-state index contributed by atoms with van der Waals surface area (Å²) in [6, 6.07) is 52.4. The summed E-state index contributed by atoms with van der Waals surface area (Å²) in [5.74, 6) is 0. The fourth-order valence-corrected chi connectivity index (χ4v) is 5.25. The Labute approximate surface area is 227 Å². The van der Waals surface area contributed by atoms with Crippen LogP contribution in [0.25, 0.3) is 33.1 Å². The smallest absolute Gasteiger partial charge is 0.137 e. The Morgan fingerprint density at radius 2 is 0.974 bits per heavy atom. The van der Waals surface area contributed by atoms with E-state index in [1.807, 2.05) is 36.4 Å². The van der Waals surface area contributed by atoms with Crippen LogP contribution in [0.4, 0.5) is 28.4 Å². The lowest BCUT2D eigenvalue weighted by molar-refractivity contribution is 0.669. The van der Waals surface area contributed by atoms with Crippen LogP contribution < -0.4 is 10.2 Å². The number of nitrogens with zero attached hydrogens (tertiary/aromatic N) is 1. The minimum absolute atomic E-state index is 0.851. The van der Waals surface area contributed by atoms with Gasteiger partial charge in [0.15, 0.2) is 0 Å². The van der Waals surface area contributed by atoms with Crippen LogP contribution in [0.2, 0.25) is 0 Å². The zero-order valence-electron chi connectivity index (χ0n) is 21.3. The molecule has 0 bridgehead atoms. The van der Waals surface area contributed by atoms with Gasteiger partial charge in [-0.15, -0.1) is 0 Å². The van der Waals surface area contributed by atoms with Crippen LogP contribution in [0, 0.1) is 0 Å². The highest BCUT2D eigenvalue weighted by Gasteiger charge is 2.20. The molecule has 0 radical (unpaired) electrons. The molecule has 0 amide bonds. The number of hydrogen-bond donors (Lipinski definition) is 1. The molecule has 1 N–H and O–H groups in total. The van der Waals surface area contributed by atoms with E-state index < -0.39 is 0 Å². The van der Waals surface area contributed by atoms with Crippen molar-refractivity contribution in [3.8, 4) is 11.1 Å². The fourth-order valence-electron chi connectivity index (χ4n) is 5.25. The predicted molar refractivity (Wildman–Crippen MR) is 164 cm³/mol. The van der Waals surface area contributed by atoms with E-state index in [2.05, 4.69) is 125 Å². The third kappa shape index (κ3) is 4.30. The van der Waals surface area contributed by atoms with Crippen LogP contribution in [0.5, 0.6) is 0 Å². The molecule has 0 unspecified atom stereocenters. The summed E-state index contributed by atoms with van der Waals surface area (Å²) >= 11 is 0. The maximum atomic E-state index is 6.40. The van der Waals surface area contributed by atoms with Gasteiger partial charge in [0.2, 0.25) is 0 Å². The maximum Gasteiger partial charge on any atom is 0.137 e. The van der Waals surface area contributed by atoms with Gasteiger partial charge in [-0.3, -0.25) is 0 Å². The first-order chi connectivity index (χ1) is 19.3. The van der Waals surface area contributed by atoms with Gasteiger partial charge in [-0.2, -0.15) is 0 Å². The van der Waals surface area contributed by atoms with Gasteiger partial charge in [-0.1, -0.05) is 91.0 Å². The number of rotatable bonds is 6. The second-order valence-corrected chi connectivity index (χ2v) is 9.51. The zero-order chi connectivity index (χ0) is 26.0. The molecule has 39 heavy (non-hydrogen) atoms. The van der Waals surface area contributed by atoms with Crippen molar-refractivity contribution in [2.75, 3.05) is 10.2 Å². The minimum Gasteiger partial charge on any atom is -0.456 e. The average molecular weight is 503 g/mol. The third-order valence-electron chi connectivity index (χ3n) is 7.04. The lowest BCUT2D eigenvalue weighted by Gasteiger charge is -2.26. The van der Waals surface area contributed by atoms with Crippen molar-refractivity contribution in [2.45, 2.75) is 0 Å². The van der Waals surface area contributed by atoms with Gasteiger partial charge in [0, 0.05) is 17.1 Å². The topological polar surface area (TPSA) is 28.4 Å². The number of anilines is 5. The summed E-state index contributed by atoms with van der Waals surface area (Å²) in [6.45, 7) is 0. The Hall–Kier alpha value is -5.28. The molecule has 3 nitrogen and oxygen atoms in total. The van der Waals surface area contributed by atoms with Gasteiger partial charge in [0.25, 0.3) is 0 Å². The number of para-hydroxylation sites is 2. The highest BCUT2D eigenvalue weighted by Crippen LogP contribution is 2.45. The number of fused-ring (bicyclic) bond motifs is 3. The van der Waals surface area contributed by atoms with Gasteiger partial charge in [0.1, 0.15) is 11.2 Å². The van der Waals surface area contributed by atoms with Crippen molar-refractivity contribution in [3.63, 3.8) is 0 Å². The van der Waals surface area contributed by atoms with Gasteiger partial charge >= 0.3 is 0 Å². The van der Waals surface area contributed by atoms with Gasteiger partial charge in [-0.05, 0) is 71.8 Å². The molecule has 0 aliphatic rings. The van der Waals surface area contributed by atoms with Crippen LogP contribution in [-0.4, -0.2) is 0 Å². The van der Waals surface area contributed by atoms with Crippen LogP contribution >= 0.6 is 0 Å². The number of benzene rings is 6. The highest BCUT2D eigenvalue weighted by atomic mass is 16.3. The second-order valence-electron chi connectivity index (χ2n) is 9.51.